The fourth-order valence-electron chi connectivity index (χ4n) is 1.98. The first-order chi connectivity index (χ1) is 9.86. The Balaban J connectivity index is 2.31. The van der Waals surface area contributed by atoms with Crippen molar-refractivity contribution >= 4 is 40.2 Å². The van der Waals surface area contributed by atoms with E-state index in [2.05, 4.69) is 0 Å². The number of thioether (sulfide) groups is 1. The Morgan fingerprint density at radius 1 is 1.52 bits per heavy atom. The second-order valence-electron chi connectivity index (χ2n) is 4.30. The van der Waals surface area contributed by atoms with Gasteiger partial charge in [0.25, 0.3) is 10.9 Å². The molecule has 0 saturated carbocycles. The molecule has 1 fully saturated rings. The van der Waals surface area contributed by atoms with E-state index >= 15 is 0 Å². The lowest BCUT2D eigenvalue weighted by molar-refractivity contribution is -0.384. The quantitative estimate of drug-likeness (QED) is 0.671. The van der Waals surface area contributed by atoms with Crippen LogP contribution in [0.2, 0.25) is 5.02 Å². The molecule has 2 amide bonds. The number of nitro groups is 1. The molecule has 0 aliphatic carbocycles. The lowest BCUT2D eigenvalue weighted by Gasteiger charge is -2.16. The molecule has 1 heterocycles. The van der Waals surface area contributed by atoms with Crippen molar-refractivity contribution in [2.24, 2.45) is 0 Å². The summed E-state index contributed by atoms with van der Waals surface area (Å²) in [4.78, 5) is 34.8. The van der Waals surface area contributed by atoms with Gasteiger partial charge >= 0.3 is 0 Å². The molecule has 0 radical (unpaired) electrons. The molecule has 1 aliphatic heterocycles. The summed E-state index contributed by atoms with van der Waals surface area (Å²) < 4.78 is 0. The third-order valence-electron chi connectivity index (χ3n) is 3.07. The summed E-state index contributed by atoms with van der Waals surface area (Å²) in [5.41, 5.74) is -0.190. The Morgan fingerprint density at radius 2 is 2.19 bits per heavy atom. The van der Waals surface area contributed by atoms with Crippen molar-refractivity contribution in [2.75, 3.05) is 6.54 Å². The zero-order valence-electron chi connectivity index (χ0n) is 10.9. The number of hydrogen-bond acceptors (Lipinski definition) is 6. The average Bonchev–Trinajstić information content (AvgIpc) is 2.72. The topological polar surface area (TPSA) is 101 Å². The number of aliphatic hydroxyl groups is 1. The van der Waals surface area contributed by atoms with Crippen LogP contribution in [-0.4, -0.2) is 37.9 Å². The van der Waals surface area contributed by atoms with Crippen LogP contribution in [-0.2, 0) is 4.79 Å². The highest BCUT2D eigenvalue weighted by Gasteiger charge is 2.43. The number of halogens is 1. The maximum absolute atomic E-state index is 12.0. The molecule has 0 aromatic heterocycles. The number of hydrogen-bond donors (Lipinski definition) is 1. The molecule has 1 aliphatic rings. The standard InChI is InChI=1S/C12H11ClN2O5S/c1-2-14-11(17)10(21-12(14)18)9(16)6-3-4-7(13)8(5-6)15(19)20/h3-5,9-10,16H,2H2,1H3/t9-,10+/m1/s1. The van der Waals surface area contributed by atoms with Crippen molar-refractivity contribution in [1.82, 2.24) is 4.90 Å². The van der Waals surface area contributed by atoms with Gasteiger partial charge in [-0.3, -0.25) is 24.6 Å². The zero-order valence-corrected chi connectivity index (χ0v) is 12.4. The second-order valence-corrected chi connectivity index (χ2v) is 5.80. The van der Waals surface area contributed by atoms with Gasteiger partial charge in [0.15, 0.2) is 0 Å². The second kappa shape index (κ2) is 6.00. The van der Waals surface area contributed by atoms with Gasteiger partial charge in [0.2, 0.25) is 5.91 Å². The van der Waals surface area contributed by atoms with E-state index in [-0.39, 0.29) is 22.8 Å². The smallest absolute Gasteiger partial charge is 0.289 e. The molecule has 1 aromatic rings. The van der Waals surface area contributed by atoms with Crippen molar-refractivity contribution in [3.63, 3.8) is 0 Å². The summed E-state index contributed by atoms with van der Waals surface area (Å²) in [7, 11) is 0. The molecule has 9 heteroatoms. The van der Waals surface area contributed by atoms with Crippen LogP contribution in [0.3, 0.4) is 0 Å². The number of imide groups is 1. The van der Waals surface area contributed by atoms with E-state index in [1.807, 2.05) is 0 Å². The Morgan fingerprint density at radius 3 is 2.71 bits per heavy atom. The van der Waals surface area contributed by atoms with Gasteiger partial charge in [0.05, 0.1) is 4.92 Å². The fourth-order valence-corrected chi connectivity index (χ4v) is 3.24. The fraction of sp³-hybridized carbons (Fsp3) is 0.333. The third kappa shape index (κ3) is 2.87. The normalized spacial score (nSPS) is 20.0. The van der Waals surface area contributed by atoms with E-state index in [0.29, 0.717) is 11.8 Å². The minimum absolute atomic E-state index is 0.0624. The summed E-state index contributed by atoms with van der Waals surface area (Å²) >= 11 is 6.41. The minimum Gasteiger partial charge on any atom is -0.387 e. The van der Waals surface area contributed by atoms with Gasteiger partial charge in [-0.05, 0) is 30.3 Å². The molecular formula is C12H11ClN2O5S. The molecule has 2 atom stereocenters. The van der Waals surface area contributed by atoms with Gasteiger partial charge in [-0.25, -0.2) is 0 Å². The van der Waals surface area contributed by atoms with Crippen LogP contribution < -0.4 is 0 Å². The van der Waals surface area contributed by atoms with Crippen LogP contribution >= 0.6 is 23.4 Å². The van der Waals surface area contributed by atoms with Gasteiger partial charge < -0.3 is 5.11 Å². The molecule has 0 unspecified atom stereocenters. The SMILES string of the molecule is CCN1C(=O)S[C@@H]([C@H](O)c2ccc(Cl)c([N+](=O)[O-])c2)C1=O. The molecular weight excluding hydrogens is 320 g/mol. The maximum Gasteiger partial charge on any atom is 0.289 e. The van der Waals surface area contributed by atoms with Gasteiger partial charge in [-0.15, -0.1) is 0 Å². The third-order valence-corrected chi connectivity index (χ3v) is 4.52. The summed E-state index contributed by atoms with van der Waals surface area (Å²) in [5, 5.41) is 19.6. The minimum atomic E-state index is -1.32. The molecule has 1 N–H and O–H groups in total. The van der Waals surface area contributed by atoms with Gasteiger partial charge in [0.1, 0.15) is 16.4 Å². The molecule has 0 bridgehead atoms. The molecule has 0 spiro atoms. The molecule has 21 heavy (non-hydrogen) atoms. The number of aliphatic hydroxyl groups excluding tert-OH is 1. The number of carbonyl (C=O) groups excluding carboxylic acids is 2. The molecule has 112 valence electrons. The van der Waals surface area contributed by atoms with E-state index < -0.39 is 27.4 Å². The predicted molar refractivity (Wildman–Crippen MR) is 77.2 cm³/mol. The largest absolute Gasteiger partial charge is 0.387 e. The number of nitro benzene ring substituents is 1. The van der Waals surface area contributed by atoms with Gasteiger partial charge in [-0.2, -0.15) is 0 Å². The summed E-state index contributed by atoms with van der Waals surface area (Å²) in [6.07, 6.45) is -1.32. The predicted octanol–water partition coefficient (Wildman–Crippen LogP) is 2.37. The van der Waals surface area contributed by atoms with Crippen LogP contribution in [0.4, 0.5) is 10.5 Å². The number of carbonyl (C=O) groups is 2. The lowest BCUT2D eigenvalue weighted by Crippen LogP contribution is -2.33. The first kappa shape index (κ1) is 15.7. The lowest BCUT2D eigenvalue weighted by atomic mass is 10.0. The van der Waals surface area contributed by atoms with E-state index in [4.69, 9.17) is 11.6 Å². The van der Waals surface area contributed by atoms with Crippen molar-refractivity contribution in [3.05, 3.63) is 38.9 Å². The highest BCUT2D eigenvalue weighted by molar-refractivity contribution is 8.15. The Hall–Kier alpha value is -1.64. The van der Waals surface area contributed by atoms with E-state index in [1.165, 1.54) is 12.1 Å². The molecule has 1 aromatic carbocycles. The van der Waals surface area contributed by atoms with E-state index in [0.717, 1.165) is 11.0 Å². The summed E-state index contributed by atoms with van der Waals surface area (Å²) in [5.74, 6) is -0.502. The Kier molecular flexibility index (Phi) is 4.50. The average molecular weight is 331 g/mol. The van der Waals surface area contributed by atoms with E-state index in [9.17, 15) is 24.8 Å². The molecule has 1 saturated heterocycles. The first-order valence-corrected chi connectivity index (χ1v) is 7.26. The van der Waals surface area contributed by atoms with Crippen LogP contribution in [0.5, 0.6) is 0 Å². The molecule has 7 nitrogen and oxygen atoms in total. The number of nitrogens with zero attached hydrogens (tertiary/aromatic N) is 2. The van der Waals surface area contributed by atoms with Gasteiger partial charge in [-0.1, -0.05) is 17.7 Å². The van der Waals surface area contributed by atoms with Crippen molar-refractivity contribution in [1.29, 1.82) is 0 Å². The van der Waals surface area contributed by atoms with Crippen LogP contribution in [0.25, 0.3) is 0 Å². The monoisotopic (exact) mass is 330 g/mol. The molecule has 2 rings (SSSR count). The highest BCUT2D eigenvalue weighted by atomic mass is 35.5. The van der Waals surface area contributed by atoms with Crippen LogP contribution in [0, 0.1) is 10.1 Å². The van der Waals surface area contributed by atoms with Crippen LogP contribution in [0.1, 0.15) is 18.6 Å². The summed E-state index contributed by atoms with van der Waals surface area (Å²) in [6, 6.07) is 3.79. The van der Waals surface area contributed by atoms with Crippen molar-refractivity contribution < 1.29 is 19.6 Å². The van der Waals surface area contributed by atoms with Crippen molar-refractivity contribution in [3.8, 4) is 0 Å². The first-order valence-electron chi connectivity index (χ1n) is 6.00. The van der Waals surface area contributed by atoms with E-state index in [1.54, 1.807) is 6.92 Å². The van der Waals surface area contributed by atoms with Gasteiger partial charge in [0, 0.05) is 12.6 Å². The highest BCUT2D eigenvalue weighted by Crippen LogP contribution is 2.37. The number of amides is 2. The van der Waals surface area contributed by atoms with Crippen LogP contribution in [0.15, 0.2) is 18.2 Å². The van der Waals surface area contributed by atoms with Crippen molar-refractivity contribution in [2.45, 2.75) is 18.3 Å². The number of rotatable bonds is 4. The Bertz CT molecular complexity index is 624. The summed E-state index contributed by atoms with van der Waals surface area (Å²) in [6.45, 7) is 1.87. The zero-order chi connectivity index (χ0) is 15.7. The number of benzene rings is 1. The Labute approximate surface area is 129 Å². The maximum atomic E-state index is 12.0.